The SMILES string of the molecule is CCC1(C(=O)Cc2ccn(C)n2)CCCC1. The average molecular weight is 220 g/mol. The maximum atomic E-state index is 12.3. The van der Waals surface area contributed by atoms with Crippen LogP contribution in [0.4, 0.5) is 0 Å². The van der Waals surface area contributed by atoms with Crippen molar-refractivity contribution in [2.24, 2.45) is 12.5 Å². The lowest BCUT2D eigenvalue weighted by Gasteiger charge is -2.25. The van der Waals surface area contributed by atoms with Crippen molar-refractivity contribution in [1.29, 1.82) is 0 Å². The van der Waals surface area contributed by atoms with Crippen molar-refractivity contribution in [1.82, 2.24) is 9.78 Å². The van der Waals surface area contributed by atoms with Crippen molar-refractivity contribution in [3.05, 3.63) is 18.0 Å². The zero-order valence-electron chi connectivity index (χ0n) is 10.2. The van der Waals surface area contributed by atoms with Crippen LogP contribution in [-0.4, -0.2) is 15.6 Å². The standard InChI is InChI=1S/C13H20N2O/c1-3-13(7-4-5-8-13)12(16)10-11-6-9-15(2)14-11/h6,9H,3-5,7-8,10H2,1-2H3. The van der Waals surface area contributed by atoms with E-state index >= 15 is 0 Å². The molecule has 88 valence electrons. The average Bonchev–Trinajstić information content (AvgIpc) is 2.88. The van der Waals surface area contributed by atoms with Gasteiger partial charge in [-0.1, -0.05) is 19.8 Å². The van der Waals surface area contributed by atoms with E-state index in [9.17, 15) is 4.79 Å². The molecule has 3 nitrogen and oxygen atoms in total. The highest BCUT2D eigenvalue weighted by atomic mass is 16.1. The summed E-state index contributed by atoms with van der Waals surface area (Å²) in [5.41, 5.74) is 0.879. The van der Waals surface area contributed by atoms with Crippen molar-refractivity contribution in [2.75, 3.05) is 0 Å². The van der Waals surface area contributed by atoms with E-state index in [0.29, 0.717) is 12.2 Å². The minimum atomic E-state index is -0.0302. The van der Waals surface area contributed by atoms with Gasteiger partial charge in [0.25, 0.3) is 0 Å². The Kier molecular flexibility index (Phi) is 3.13. The molecule has 0 unspecified atom stereocenters. The monoisotopic (exact) mass is 220 g/mol. The van der Waals surface area contributed by atoms with Crippen LogP contribution >= 0.6 is 0 Å². The fourth-order valence-electron chi connectivity index (χ4n) is 2.79. The molecule has 2 rings (SSSR count). The molecule has 0 amide bonds. The Balaban J connectivity index is 2.07. The van der Waals surface area contributed by atoms with Gasteiger partial charge in [-0.3, -0.25) is 9.48 Å². The summed E-state index contributed by atoms with van der Waals surface area (Å²) in [4.78, 5) is 12.3. The third-order valence-electron chi connectivity index (χ3n) is 3.94. The van der Waals surface area contributed by atoms with Gasteiger partial charge >= 0.3 is 0 Å². The summed E-state index contributed by atoms with van der Waals surface area (Å²) >= 11 is 0. The molecule has 1 aromatic rings. The van der Waals surface area contributed by atoms with E-state index in [1.807, 2.05) is 19.3 Å². The van der Waals surface area contributed by atoms with Crippen LogP contribution in [0.3, 0.4) is 0 Å². The minimum absolute atomic E-state index is 0.0302. The number of carbonyl (C=O) groups is 1. The van der Waals surface area contributed by atoms with Crippen molar-refractivity contribution in [2.45, 2.75) is 45.4 Å². The summed E-state index contributed by atoms with van der Waals surface area (Å²) in [6.07, 6.45) is 7.97. The molecular weight excluding hydrogens is 200 g/mol. The van der Waals surface area contributed by atoms with Gasteiger partial charge in [0.15, 0.2) is 0 Å². The van der Waals surface area contributed by atoms with Crippen molar-refractivity contribution in [3.8, 4) is 0 Å². The second-order valence-corrected chi connectivity index (χ2v) is 4.92. The van der Waals surface area contributed by atoms with E-state index in [2.05, 4.69) is 12.0 Å². The molecule has 16 heavy (non-hydrogen) atoms. The van der Waals surface area contributed by atoms with Crippen molar-refractivity contribution < 1.29 is 4.79 Å². The lowest BCUT2D eigenvalue weighted by molar-refractivity contribution is -0.128. The van der Waals surface area contributed by atoms with Gasteiger partial charge in [0.05, 0.1) is 12.1 Å². The molecule has 0 saturated heterocycles. The number of nitrogens with zero attached hydrogens (tertiary/aromatic N) is 2. The topological polar surface area (TPSA) is 34.9 Å². The highest BCUT2D eigenvalue weighted by Crippen LogP contribution is 2.42. The van der Waals surface area contributed by atoms with Crippen LogP contribution < -0.4 is 0 Å². The Morgan fingerprint density at radius 2 is 2.19 bits per heavy atom. The lowest BCUT2D eigenvalue weighted by Crippen LogP contribution is -2.29. The Bertz CT molecular complexity index is 375. The smallest absolute Gasteiger partial charge is 0.145 e. The van der Waals surface area contributed by atoms with Crippen LogP contribution in [0.5, 0.6) is 0 Å². The zero-order valence-corrected chi connectivity index (χ0v) is 10.2. The Morgan fingerprint density at radius 1 is 1.50 bits per heavy atom. The second kappa shape index (κ2) is 4.40. The van der Waals surface area contributed by atoms with Crippen LogP contribution in [-0.2, 0) is 18.3 Å². The molecule has 0 atom stereocenters. The molecule has 0 bridgehead atoms. The molecule has 1 aliphatic rings. The highest BCUT2D eigenvalue weighted by Gasteiger charge is 2.38. The van der Waals surface area contributed by atoms with Gasteiger partial charge < -0.3 is 0 Å². The van der Waals surface area contributed by atoms with Gasteiger partial charge in [0.2, 0.25) is 0 Å². The lowest BCUT2D eigenvalue weighted by atomic mass is 9.77. The minimum Gasteiger partial charge on any atom is -0.299 e. The predicted octanol–water partition coefficient (Wildman–Crippen LogP) is 2.50. The normalized spacial score (nSPS) is 18.9. The van der Waals surface area contributed by atoms with E-state index in [0.717, 1.165) is 25.0 Å². The number of hydrogen-bond acceptors (Lipinski definition) is 2. The van der Waals surface area contributed by atoms with E-state index in [4.69, 9.17) is 0 Å². The number of aromatic nitrogens is 2. The number of Topliss-reactive ketones (excluding diaryl/α,β-unsaturated/α-hetero) is 1. The van der Waals surface area contributed by atoms with Crippen LogP contribution in [0.1, 0.15) is 44.7 Å². The molecule has 1 aromatic heterocycles. The Labute approximate surface area is 96.8 Å². The summed E-state index contributed by atoms with van der Waals surface area (Å²) in [5, 5.41) is 4.28. The van der Waals surface area contributed by atoms with Crippen LogP contribution in [0.25, 0.3) is 0 Å². The largest absolute Gasteiger partial charge is 0.299 e. The summed E-state index contributed by atoms with van der Waals surface area (Å²) in [7, 11) is 1.89. The first-order valence-corrected chi connectivity index (χ1v) is 6.18. The number of carbonyl (C=O) groups excluding carboxylic acids is 1. The summed E-state index contributed by atoms with van der Waals surface area (Å²) < 4.78 is 1.76. The number of ketones is 1. The number of aryl methyl sites for hydroxylation is 1. The van der Waals surface area contributed by atoms with E-state index in [-0.39, 0.29) is 5.41 Å². The second-order valence-electron chi connectivity index (χ2n) is 4.92. The molecular formula is C13H20N2O. The third kappa shape index (κ3) is 2.04. The fraction of sp³-hybridized carbons (Fsp3) is 0.692. The molecule has 1 saturated carbocycles. The molecule has 1 fully saturated rings. The molecule has 0 aromatic carbocycles. The highest BCUT2D eigenvalue weighted by molar-refractivity contribution is 5.86. The molecule has 3 heteroatoms. The Morgan fingerprint density at radius 3 is 2.69 bits per heavy atom. The van der Waals surface area contributed by atoms with E-state index in [1.165, 1.54) is 12.8 Å². The predicted molar refractivity (Wildman–Crippen MR) is 63.1 cm³/mol. The summed E-state index contributed by atoms with van der Waals surface area (Å²) in [6.45, 7) is 2.14. The third-order valence-corrected chi connectivity index (χ3v) is 3.94. The molecule has 0 aliphatic heterocycles. The van der Waals surface area contributed by atoms with Crippen molar-refractivity contribution in [3.63, 3.8) is 0 Å². The quantitative estimate of drug-likeness (QED) is 0.781. The molecule has 1 heterocycles. The fourth-order valence-corrected chi connectivity index (χ4v) is 2.79. The van der Waals surface area contributed by atoms with Crippen molar-refractivity contribution >= 4 is 5.78 Å². The molecule has 0 N–H and O–H groups in total. The van der Waals surface area contributed by atoms with E-state index in [1.54, 1.807) is 4.68 Å². The number of hydrogen-bond donors (Lipinski definition) is 0. The first-order chi connectivity index (χ1) is 7.66. The first kappa shape index (κ1) is 11.4. The summed E-state index contributed by atoms with van der Waals surface area (Å²) in [5.74, 6) is 0.395. The van der Waals surface area contributed by atoms with Crippen LogP contribution in [0.2, 0.25) is 0 Å². The molecule has 1 aliphatic carbocycles. The van der Waals surface area contributed by atoms with Gasteiger partial charge in [-0.2, -0.15) is 5.10 Å². The molecule has 0 radical (unpaired) electrons. The van der Waals surface area contributed by atoms with Gasteiger partial charge in [0.1, 0.15) is 5.78 Å². The van der Waals surface area contributed by atoms with Crippen LogP contribution in [0, 0.1) is 5.41 Å². The number of rotatable bonds is 4. The van der Waals surface area contributed by atoms with Gasteiger partial charge in [-0.05, 0) is 25.3 Å². The summed E-state index contributed by atoms with van der Waals surface area (Å²) in [6, 6.07) is 1.94. The van der Waals surface area contributed by atoms with Gasteiger partial charge in [0, 0.05) is 18.7 Å². The molecule has 0 spiro atoms. The maximum absolute atomic E-state index is 12.3. The van der Waals surface area contributed by atoms with E-state index < -0.39 is 0 Å². The zero-order chi connectivity index (χ0) is 11.6. The maximum Gasteiger partial charge on any atom is 0.145 e. The van der Waals surface area contributed by atoms with Gasteiger partial charge in [-0.15, -0.1) is 0 Å². The first-order valence-electron chi connectivity index (χ1n) is 6.18. The van der Waals surface area contributed by atoms with Crippen LogP contribution in [0.15, 0.2) is 12.3 Å². The Hall–Kier alpha value is -1.12. The van der Waals surface area contributed by atoms with Gasteiger partial charge in [-0.25, -0.2) is 0 Å².